The van der Waals surface area contributed by atoms with Crippen LogP contribution >= 0.6 is 22.6 Å². The number of fused-ring (bicyclic) bond motifs is 1. The summed E-state index contributed by atoms with van der Waals surface area (Å²) in [5.41, 5.74) is 0.756. The molecule has 26 heavy (non-hydrogen) atoms. The van der Waals surface area contributed by atoms with Gasteiger partial charge in [0.15, 0.2) is 0 Å². The maximum absolute atomic E-state index is 13.6. The SMILES string of the molecule is CC(=N)[C@@H]1CC(F)CN1C(=O)CNC(=O)c1cccc2c(I)cccc12. The van der Waals surface area contributed by atoms with Gasteiger partial charge in [-0.1, -0.05) is 24.3 Å². The first kappa shape index (κ1) is 18.8. The predicted octanol–water partition coefficient (Wildman–Crippen LogP) is 3.15. The van der Waals surface area contributed by atoms with Gasteiger partial charge < -0.3 is 15.6 Å². The molecule has 2 amide bonds. The van der Waals surface area contributed by atoms with Gasteiger partial charge in [0.05, 0.1) is 19.1 Å². The summed E-state index contributed by atoms with van der Waals surface area (Å²) in [6.07, 6.45) is -0.975. The molecule has 2 atom stereocenters. The van der Waals surface area contributed by atoms with Gasteiger partial charge in [-0.15, -0.1) is 0 Å². The third kappa shape index (κ3) is 3.72. The molecule has 2 aromatic rings. The van der Waals surface area contributed by atoms with Crippen molar-refractivity contribution in [2.75, 3.05) is 13.1 Å². The number of carbonyl (C=O) groups is 2. The number of nitrogens with zero attached hydrogens (tertiary/aromatic N) is 1. The molecular weight excluding hydrogens is 448 g/mol. The van der Waals surface area contributed by atoms with Gasteiger partial charge in [0, 0.05) is 21.3 Å². The molecule has 0 radical (unpaired) electrons. The maximum atomic E-state index is 13.6. The van der Waals surface area contributed by atoms with E-state index < -0.39 is 12.2 Å². The van der Waals surface area contributed by atoms with Gasteiger partial charge in [-0.05, 0) is 52.4 Å². The van der Waals surface area contributed by atoms with E-state index in [0.29, 0.717) is 5.56 Å². The standard InChI is InChI=1S/C19H19FIN3O2/c1-11(22)17-8-12(20)10-24(17)18(25)9-23-19(26)15-6-2-5-14-13(15)4-3-7-16(14)21/h2-7,12,17,22H,8-10H2,1H3,(H,23,26)/t12?,17-/m0/s1. The van der Waals surface area contributed by atoms with Crippen LogP contribution in [0.5, 0.6) is 0 Å². The normalized spacial score (nSPS) is 19.6. The number of rotatable bonds is 4. The second-order valence-corrected chi connectivity index (χ2v) is 7.56. The van der Waals surface area contributed by atoms with Crippen molar-refractivity contribution in [3.8, 4) is 0 Å². The Hall–Kier alpha value is -2.03. The van der Waals surface area contributed by atoms with Crippen LogP contribution < -0.4 is 5.32 Å². The number of halogens is 2. The molecule has 1 saturated heterocycles. The van der Waals surface area contributed by atoms with Crippen molar-refractivity contribution in [1.82, 2.24) is 10.2 Å². The van der Waals surface area contributed by atoms with E-state index in [-0.39, 0.29) is 37.0 Å². The zero-order valence-corrected chi connectivity index (χ0v) is 16.4. The second kappa shape index (κ2) is 7.69. The number of alkyl halides is 1. The molecule has 1 heterocycles. The van der Waals surface area contributed by atoms with Crippen LogP contribution in [0.1, 0.15) is 23.7 Å². The zero-order valence-electron chi connectivity index (χ0n) is 14.3. The Morgan fingerprint density at radius 2 is 1.96 bits per heavy atom. The molecule has 1 aliphatic rings. The fourth-order valence-corrected chi connectivity index (χ4v) is 3.97. The minimum absolute atomic E-state index is 0.0257. The number of carbonyl (C=O) groups excluding carboxylic acids is 2. The number of hydrogen-bond donors (Lipinski definition) is 2. The van der Waals surface area contributed by atoms with Crippen LogP contribution in [-0.4, -0.2) is 47.7 Å². The lowest BCUT2D eigenvalue weighted by Crippen LogP contribution is -2.45. The monoisotopic (exact) mass is 467 g/mol. The largest absolute Gasteiger partial charge is 0.343 e. The third-order valence-corrected chi connectivity index (χ3v) is 5.52. The van der Waals surface area contributed by atoms with Gasteiger partial charge in [-0.2, -0.15) is 0 Å². The lowest BCUT2D eigenvalue weighted by molar-refractivity contribution is -0.130. The average molecular weight is 467 g/mol. The van der Waals surface area contributed by atoms with E-state index >= 15 is 0 Å². The summed E-state index contributed by atoms with van der Waals surface area (Å²) in [5, 5.41) is 12.2. The Bertz CT molecular complexity index is 886. The highest BCUT2D eigenvalue weighted by molar-refractivity contribution is 14.1. The Morgan fingerprint density at radius 1 is 1.27 bits per heavy atom. The molecule has 0 aliphatic carbocycles. The number of likely N-dealkylation sites (tertiary alicyclic amines) is 1. The molecule has 0 aromatic heterocycles. The molecule has 136 valence electrons. The fourth-order valence-electron chi connectivity index (χ4n) is 3.29. The van der Waals surface area contributed by atoms with Gasteiger partial charge >= 0.3 is 0 Å². The maximum Gasteiger partial charge on any atom is 0.252 e. The van der Waals surface area contributed by atoms with E-state index in [1.54, 1.807) is 13.0 Å². The summed E-state index contributed by atoms with van der Waals surface area (Å²) in [5.74, 6) is -0.713. The molecule has 1 aliphatic heterocycles. The summed E-state index contributed by atoms with van der Waals surface area (Å²) in [6.45, 7) is 1.33. The van der Waals surface area contributed by atoms with Gasteiger partial charge in [-0.3, -0.25) is 9.59 Å². The Morgan fingerprint density at radius 3 is 2.69 bits per heavy atom. The highest BCUT2D eigenvalue weighted by Crippen LogP contribution is 2.24. The first-order valence-electron chi connectivity index (χ1n) is 8.32. The van der Waals surface area contributed by atoms with Crippen LogP contribution in [0, 0.1) is 8.98 Å². The highest BCUT2D eigenvalue weighted by atomic mass is 127. The van der Waals surface area contributed by atoms with Crippen LogP contribution in [0.25, 0.3) is 10.8 Å². The summed E-state index contributed by atoms with van der Waals surface area (Å²) in [7, 11) is 0. The van der Waals surface area contributed by atoms with Gasteiger partial charge in [0.2, 0.25) is 5.91 Å². The molecule has 2 N–H and O–H groups in total. The van der Waals surface area contributed by atoms with Crippen molar-refractivity contribution in [1.29, 1.82) is 5.41 Å². The van der Waals surface area contributed by atoms with Crippen LogP contribution in [0.2, 0.25) is 0 Å². The van der Waals surface area contributed by atoms with Crippen molar-refractivity contribution in [3.63, 3.8) is 0 Å². The van der Waals surface area contributed by atoms with E-state index in [9.17, 15) is 14.0 Å². The smallest absolute Gasteiger partial charge is 0.252 e. The van der Waals surface area contributed by atoms with Crippen LogP contribution in [-0.2, 0) is 4.79 Å². The Kier molecular flexibility index (Phi) is 5.55. The lowest BCUT2D eigenvalue weighted by atomic mass is 10.0. The summed E-state index contributed by atoms with van der Waals surface area (Å²) in [4.78, 5) is 26.3. The number of nitrogens with one attached hydrogen (secondary N) is 2. The Labute approximate surface area is 164 Å². The first-order chi connectivity index (χ1) is 12.4. The van der Waals surface area contributed by atoms with Gasteiger partial charge in [0.1, 0.15) is 6.17 Å². The predicted molar refractivity (Wildman–Crippen MR) is 107 cm³/mol. The third-order valence-electron chi connectivity index (χ3n) is 4.58. The summed E-state index contributed by atoms with van der Waals surface area (Å²) >= 11 is 2.22. The number of benzene rings is 2. The van der Waals surface area contributed by atoms with Crippen LogP contribution in [0.3, 0.4) is 0 Å². The fraction of sp³-hybridized carbons (Fsp3) is 0.316. The second-order valence-electron chi connectivity index (χ2n) is 6.40. The van der Waals surface area contributed by atoms with E-state index in [1.165, 1.54) is 4.90 Å². The minimum atomic E-state index is -1.12. The van der Waals surface area contributed by atoms with Crippen LogP contribution in [0.4, 0.5) is 4.39 Å². The molecule has 7 heteroatoms. The highest BCUT2D eigenvalue weighted by Gasteiger charge is 2.36. The molecule has 0 saturated carbocycles. The van der Waals surface area contributed by atoms with E-state index in [1.807, 2.05) is 30.3 Å². The van der Waals surface area contributed by atoms with Crippen molar-refractivity contribution >= 4 is 50.9 Å². The van der Waals surface area contributed by atoms with E-state index in [4.69, 9.17) is 5.41 Å². The number of hydrogen-bond acceptors (Lipinski definition) is 3. The molecule has 3 rings (SSSR count). The molecule has 5 nitrogen and oxygen atoms in total. The lowest BCUT2D eigenvalue weighted by Gasteiger charge is -2.23. The summed E-state index contributed by atoms with van der Waals surface area (Å²) < 4.78 is 14.7. The molecular formula is C19H19FIN3O2. The molecule has 2 aromatic carbocycles. The molecule has 0 spiro atoms. The Balaban J connectivity index is 1.72. The van der Waals surface area contributed by atoms with Crippen LogP contribution in [0.15, 0.2) is 36.4 Å². The van der Waals surface area contributed by atoms with Crippen molar-refractivity contribution in [2.45, 2.75) is 25.6 Å². The van der Waals surface area contributed by atoms with Crippen molar-refractivity contribution in [2.24, 2.45) is 0 Å². The minimum Gasteiger partial charge on any atom is -0.343 e. The molecule has 1 unspecified atom stereocenters. The van der Waals surface area contributed by atoms with E-state index in [2.05, 4.69) is 27.9 Å². The average Bonchev–Trinajstić information content (AvgIpc) is 3.01. The first-order valence-corrected chi connectivity index (χ1v) is 9.40. The topological polar surface area (TPSA) is 73.3 Å². The zero-order chi connectivity index (χ0) is 18.8. The van der Waals surface area contributed by atoms with Gasteiger partial charge in [0.25, 0.3) is 5.91 Å². The van der Waals surface area contributed by atoms with Gasteiger partial charge in [-0.25, -0.2) is 4.39 Å². The molecule has 1 fully saturated rings. The molecule has 0 bridgehead atoms. The summed E-state index contributed by atoms with van der Waals surface area (Å²) in [6, 6.07) is 10.7. The van der Waals surface area contributed by atoms with Crippen molar-refractivity contribution < 1.29 is 14.0 Å². The van der Waals surface area contributed by atoms with Crippen molar-refractivity contribution in [3.05, 3.63) is 45.5 Å². The number of amides is 2. The quantitative estimate of drug-likeness (QED) is 0.536. The van der Waals surface area contributed by atoms with E-state index in [0.717, 1.165) is 14.3 Å².